The fraction of sp³-hybridized carbons (Fsp3) is 0.833. The van der Waals surface area contributed by atoms with Crippen molar-refractivity contribution >= 4 is 15.8 Å². The van der Waals surface area contributed by atoms with Crippen LogP contribution in [0, 0.1) is 0 Å². The molecule has 1 aliphatic carbocycles. The Labute approximate surface area is 70.5 Å². The predicted molar refractivity (Wildman–Crippen MR) is 42.4 cm³/mol. The Morgan fingerprint density at radius 3 is 2.50 bits per heavy atom. The first kappa shape index (κ1) is 9.47. The number of rotatable bonds is 3. The molecule has 0 amide bonds. The molecule has 0 unspecified atom stereocenters. The molecule has 1 saturated carbocycles. The first-order valence-corrected chi connectivity index (χ1v) is 5.30. The average molecular weight is 193 g/mol. The van der Waals surface area contributed by atoms with E-state index in [0.29, 0.717) is 0 Å². The number of carboxylic acid groups (broad SMARTS) is 1. The smallest absolute Gasteiger partial charge is 0.325 e. The Balaban J connectivity index is 2.83. The molecule has 3 N–H and O–H groups in total. The lowest BCUT2D eigenvalue weighted by atomic mass is 10.3. The van der Waals surface area contributed by atoms with Gasteiger partial charge in [-0.05, 0) is 6.42 Å². The van der Waals surface area contributed by atoms with Gasteiger partial charge in [-0.15, -0.1) is 0 Å². The second-order valence-corrected chi connectivity index (χ2v) is 5.46. The molecule has 0 radical (unpaired) electrons. The summed E-state index contributed by atoms with van der Waals surface area (Å²) in [4.78, 5) is 10.5. The number of nitrogens with two attached hydrogens (primary N) is 1. The summed E-state index contributed by atoms with van der Waals surface area (Å²) in [6.45, 7) is 1.48. The SMILES string of the molecule is CCS(=O)(=O)[C@@H]1C[C@]1(N)C(=O)O. The van der Waals surface area contributed by atoms with E-state index < -0.39 is 26.6 Å². The molecule has 0 spiro atoms. The van der Waals surface area contributed by atoms with E-state index in [1.807, 2.05) is 0 Å². The molecule has 12 heavy (non-hydrogen) atoms. The summed E-state index contributed by atoms with van der Waals surface area (Å²) >= 11 is 0. The monoisotopic (exact) mass is 193 g/mol. The highest BCUT2D eigenvalue weighted by atomic mass is 32.2. The van der Waals surface area contributed by atoms with Crippen LogP contribution in [0.1, 0.15) is 13.3 Å². The van der Waals surface area contributed by atoms with Gasteiger partial charge in [0.2, 0.25) is 0 Å². The van der Waals surface area contributed by atoms with Gasteiger partial charge in [-0.25, -0.2) is 8.42 Å². The molecule has 0 aromatic carbocycles. The van der Waals surface area contributed by atoms with Gasteiger partial charge in [0.15, 0.2) is 9.84 Å². The molecule has 5 nitrogen and oxygen atoms in total. The molecule has 0 saturated heterocycles. The molecule has 0 aliphatic heterocycles. The minimum Gasteiger partial charge on any atom is -0.480 e. The average Bonchev–Trinajstić information content (AvgIpc) is 2.65. The van der Waals surface area contributed by atoms with E-state index in [4.69, 9.17) is 10.8 Å². The summed E-state index contributed by atoms with van der Waals surface area (Å²) in [5, 5.41) is 7.67. The van der Waals surface area contributed by atoms with Crippen LogP contribution < -0.4 is 5.73 Å². The molecule has 2 atom stereocenters. The van der Waals surface area contributed by atoms with Crippen molar-refractivity contribution in [2.45, 2.75) is 24.1 Å². The Kier molecular flexibility index (Phi) is 1.92. The Morgan fingerprint density at radius 1 is 1.75 bits per heavy atom. The van der Waals surface area contributed by atoms with Crippen molar-refractivity contribution in [2.24, 2.45) is 5.73 Å². The Morgan fingerprint density at radius 2 is 2.25 bits per heavy atom. The van der Waals surface area contributed by atoms with Gasteiger partial charge in [-0.3, -0.25) is 4.79 Å². The summed E-state index contributed by atoms with van der Waals surface area (Å²) in [5.41, 5.74) is 3.80. The summed E-state index contributed by atoms with van der Waals surface area (Å²) in [5.74, 6) is -1.28. The number of hydrogen-bond acceptors (Lipinski definition) is 4. The van der Waals surface area contributed by atoms with Crippen LogP contribution in [-0.4, -0.2) is 36.0 Å². The standard InChI is InChI=1S/C6H11NO4S/c1-2-12(10,11)4-3-6(4,7)5(8)9/h4H,2-3,7H2,1H3,(H,8,9)/t4-,6-/m1/s1. The number of sulfone groups is 1. The zero-order valence-corrected chi connectivity index (χ0v) is 7.47. The second kappa shape index (κ2) is 2.43. The predicted octanol–water partition coefficient (Wildman–Crippen LogP) is -1.02. The van der Waals surface area contributed by atoms with Crippen molar-refractivity contribution in [1.29, 1.82) is 0 Å². The maximum atomic E-state index is 11.1. The molecular weight excluding hydrogens is 182 g/mol. The second-order valence-electron chi connectivity index (χ2n) is 2.99. The van der Waals surface area contributed by atoms with Crippen molar-refractivity contribution < 1.29 is 18.3 Å². The van der Waals surface area contributed by atoms with E-state index in [2.05, 4.69) is 0 Å². The number of aliphatic carboxylic acids is 1. The van der Waals surface area contributed by atoms with Gasteiger partial charge in [-0.1, -0.05) is 6.92 Å². The third-order valence-electron chi connectivity index (χ3n) is 2.17. The van der Waals surface area contributed by atoms with E-state index in [1.165, 1.54) is 6.92 Å². The van der Waals surface area contributed by atoms with Gasteiger partial charge in [0.25, 0.3) is 0 Å². The highest BCUT2D eigenvalue weighted by molar-refractivity contribution is 7.92. The minimum absolute atomic E-state index is 0.0402. The number of hydrogen-bond donors (Lipinski definition) is 2. The Hall–Kier alpha value is -0.620. The maximum Gasteiger partial charge on any atom is 0.325 e. The molecule has 1 aliphatic rings. The topological polar surface area (TPSA) is 97.5 Å². The quantitative estimate of drug-likeness (QED) is 0.597. The van der Waals surface area contributed by atoms with E-state index in [0.717, 1.165) is 0 Å². The van der Waals surface area contributed by atoms with E-state index in [-0.39, 0.29) is 12.2 Å². The van der Waals surface area contributed by atoms with Crippen LogP contribution in [0.15, 0.2) is 0 Å². The van der Waals surface area contributed by atoms with Crippen LogP contribution in [-0.2, 0) is 14.6 Å². The van der Waals surface area contributed by atoms with Crippen LogP contribution in [0.4, 0.5) is 0 Å². The molecule has 0 aromatic heterocycles. The lowest BCUT2D eigenvalue weighted by Gasteiger charge is -2.04. The minimum atomic E-state index is -3.28. The highest BCUT2D eigenvalue weighted by Gasteiger charge is 2.63. The molecule has 1 fully saturated rings. The number of carboxylic acids is 1. The van der Waals surface area contributed by atoms with Gasteiger partial charge >= 0.3 is 5.97 Å². The van der Waals surface area contributed by atoms with E-state index >= 15 is 0 Å². The molecule has 70 valence electrons. The van der Waals surface area contributed by atoms with Crippen molar-refractivity contribution in [2.75, 3.05) is 5.75 Å². The third-order valence-corrected chi connectivity index (χ3v) is 4.43. The van der Waals surface area contributed by atoms with Gasteiger partial charge < -0.3 is 10.8 Å². The zero-order chi connectivity index (χ0) is 9.57. The van der Waals surface area contributed by atoms with Gasteiger partial charge in [0, 0.05) is 5.75 Å². The van der Waals surface area contributed by atoms with Crippen LogP contribution in [0.3, 0.4) is 0 Å². The first-order valence-electron chi connectivity index (χ1n) is 3.58. The van der Waals surface area contributed by atoms with E-state index in [1.54, 1.807) is 0 Å². The first-order chi connectivity index (χ1) is 5.34. The van der Waals surface area contributed by atoms with Gasteiger partial charge in [0.05, 0.1) is 5.25 Å². The molecule has 1 rings (SSSR count). The van der Waals surface area contributed by atoms with Crippen molar-refractivity contribution in [1.82, 2.24) is 0 Å². The van der Waals surface area contributed by atoms with Crippen molar-refractivity contribution in [3.8, 4) is 0 Å². The van der Waals surface area contributed by atoms with Crippen LogP contribution >= 0.6 is 0 Å². The molecule has 6 heteroatoms. The third kappa shape index (κ3) is 1.21. The molecule has 0 bridgehead atoms. The van der Waals surface area contributed by atoms with Crippen LogP contribution in [0.2, 0.25) is 0 Å². The summed E-state index contributed by atoms with van der Waals surface area (Å²) in [7, 11) is -3.28. The van der Waals surface area contributed by atoms with Gasteiger partial charge in [-0.2, -0.15) is 0 Å². The largest absolute Gasteiger partial charge is 0.480 e. The molecule has 0 heterocycles. The fourth-order valence-electron chi connectivity index (χ4n) is 1.12. The van der Waals surface area contributed by atoms with Crippen molar-refractivity contribution in [3.63, 3.8) is 0 Å². The fourth-order valence-corrected chi connectivity index (χ4v) is 2.80. The zero-order valence-electron chi connectivity index (χ0n) is 6.65. The lowest BCUT2D eigenvalue weighted by Crippen LogP contribution is -2.39. The van der Waals surface area contributed by atoms with Crippen LogP contribution in [0.25, 0.3) is 0 Å². The molecular formula is C6H11NO4S. The Bertz CT molecular complexity index is 310. The van der Waals surface area contributed by atoms with Crippen molar-refractivity contribution in [3.05, 3.63) is 0 Å². The highest BCUT2D eigenvalue weighted by Crippen LogP contribution is 2.40. The van der Waals surface area contributed by atoms with E-state index in [9.17, 15) is 13.2 Å². The number of carbonyl (C=O) groups is 1. The lowest BCUT2D eigenvalue weighted by molar-refractivity contribution is -0.139. The normalized spacial score (nSPS) is 34.7. The summed E-state index contributed by atoms with van der Waals surface area (Å²) in [6.07, 6.45) is 0.0402. The molecule has 0 aromatic rings. The van der Waals surface area contributed by atoms with Crippen LogP contribution in [0.5, 0.6) is 0 Å². The summed E-state index contributed by atoms with van der Waals surface area (Å²) < 4.78 is 22.3. The van der Waals surface area contributed by atoms with Gasteiger partial charge in [0.1, 0.15) is 5.54 Å². The summed E-state index contributed by atoms with van der Waals surface area (Å²) in [6, 6.07) is 0. The maximum absolute atomic E-state index is 11.1.